The Morgan fingerprint density at radius 3 is 3.00 bits per heavy atom. The SMILES string of the molecule is CC(C)(C)OC(=O)NCC=Cc1ccc2nc[nH]c2c1. The number of carbonyl (C=O) groups excluding carboxylic acids is 1. The lowest BCUT2D eigenvalue weighted by atomic mass is 10.2. The van der Waals surface area contributed by atoms with Crippen molar-refractivity contribution in [2.75, 3.05) is 6.54 Å². The highest BCUT2D eigenvalue weighted by molar-refractivity contribution is 5.77. The fourth-order valence-corrected chi connectivity index (χ4v) is 1.71. The zero-order valence-corrected chi connectivity index (χ0v) is 11.9. The first-order valence-corrected chi connectivity index (χ1v) is 6.50. The van der Waals surface area contributed by atoms with E-state index >= 15 is 0 Å². The van der Waals surface area contributed by atoms with Gasteiger partial charge in [0, 0.05) is 6.54 Å². The van der Waals surface area contributed by atoms with Gasteiger partial charge in [0.05, 0.1) is 17.4 Å². The number of benzene rings is 1. The second kappa shape index (κ2) is 5.77. The van der Waals surface area contributed by atoms with Crippen LogP contribution in [0.15, 0.2) is 30.6 Å². The highest BCUT2D eigenvalue weighted by atomic mass is 16.6. The molecule has 0 unspecified atom stereocenters. The van der Waals surface area contributed by atoms with Crippen LogP contribution in [0.5, 0.6) is 0 Å². The van der Waals surface area contributed by atoms with E-state index in [2.05, 4.69) is 15.3 Å². The number of imidazole rings is 1. The summed E-state index contributed by atoms with van der Waals surface area (Å²) < 4.78 is 5.14. The van der Waals surface area contributed by atoms with E-state index < -0.39 is 11.7 Å². The Balaban J connectivity index is 1.85. The predicted molar refractivity (Wildman–Crippen MR) is 79.4 cm³/mol. The highest BCUT2D eigenvalue weighted by Crippen LogP contribution is 2.12. The molecule has 1 aromatic heterocycles. The van der Waals surface area contributed by atoms with Crippen molar-refractivity contribution in [2.45, 2.75) is 26.4 Å². The van der Waals surface area contributed by atoms with Crippen molar-refractivity contribution < 1.29 is 9.53 Å². The fraction of sp³-hybridized carbons (Fsp3) is 0.333. The third-order valence-corrected chi connectivity index (χ3v) is 2.52. The molecule has 2 rings (SSSR count). The largest absolute Gasteiger partial charge is 0.444 e. The summed E-state index contributed by atoms with van der Waals surface area (Å²) in [5.41, 5.74) is 2.51. The lowest BCUT2D eigenvalue weighted by molar-refractivity contribution is 0.0534. The minimum atomic E-state index is -0.473. The van der Waals surface area contributed by atoms with Crippen LogP contribution in [0.4, 0.5) is 4.79 Å². The van der Waals surface area contributed by atoms with Gasteiger partial charge in [0.1, 0.15) is 5.60 Å². The van der Waals surface area contributed by atoms with Crippen LogP contribution in [-0.4, -0.2) is 28.2 Å². The Morgan fingerprint density at radius 2 is 2.25 bits per heavy atom. The summed E-state index contributed by atoms with van der Waals surface area (Å²) in [6, 6.07) is 5.94. The van der Waals surface area contributed by atoms with Crippen LogP contribution in [0.2, 0.25) is 0 Å². The van der Waals surface area contributed by atoms with E-state index in [-0.39, 0.29) is 0 Å². The number of fused-ring (bicyclic) bond motifs is 1. The Labute approximate surface area is 118 Å². The van der Waals surface area contributed by atoms with Crippen molar-refractivity contribution in [1.29, 1.82) is 0 Å². The molecule has 0 fully saturated rings. The number of carbonyl (C=O) groups is 1. The van der Waals surface area contributed by atoms with Crippen LogP contribution in [0.25, 0.3) is 17.1 Å². The number of aromatic nitrogens is 2. The lowest BCUT2D eigenvalue weighted by Gasteiger charge is -2.19. The average molecular weight is 273 g/mol. The Morgan fingerprint density at radius 1 is 1.45 bits per heavy atom. The topological polar surface area (TPSA) is 67.0 Å². The smallest absolute Gasteiger partial charge is 0.407 e. The highest BCUT2D eigenvalue weighted by Gasteiger charge is 2.14. The van der Waals surface area contributed by atoms with E-state index in [4.69, 9.17) is 4.74 Å². The average Bonchev–Trinajstić information content (AvgIpc) is 2.79. The van der Waals surface area contributed by atoms with E-state index in [9.17, 15) is 4.79 Å². The summed E-state index contributed by atoms with van der Waals surface area (Å²) in [6.45, 7) is 5.93. The van der Waals surface area contributed by atoms with Crippen LogP contribution in [0.3, 0.4) is 0 Å². The van der Waals surface area contributed by atoms with E-state index in [1.165, 1.54) is 0 Å². The van der Waals surface area contributed by atoms with Crippen molar-refractivity contribution >= 4 is 23.2 Å². The van der Waals surface area contributed by atoms with Crippen LogP contribution in [0.1, 0.15) is 26.3 Å². The van der Waals surface area contributed by atoms with E-state index in [0.717, 1.165) is 16.6 Å². The third kappa shape index (κ3) is 4.12. The van der Waals surface area contributed by atoms with Gasteiger partial charge >= 0.3 is 6.09 Å². The Hall–Kier alpha value is -2.30. The van der Waals surface area contributed by atoms with Crippen LogP contribution < -0.4 is 5.32 Å². The minimum Gasteiger partial charge on any atom is -0.444 e. The van der Waals surface area contributed by atoms with Gasteiger partial charge in [-0.15, -0.1) is 0 Å². The molecule has 0 radical (unpaired) electrons. The maximum absolute atomic E-state index is 11.4. The number of nitrogens with zero attached hydrogens (tertiary/aromatic N) is 1. The minimum absolute atomic E-state index is 0.411. The van der Waals surface area contributed by atoms with Crippen molar-refractivity contribution in [1.82, 2.24) is 15.3 Å². The molecular formula is C15H19N3O2. The fourth-order valence-electron chi connectivity index (χ4n) is 1.71. The van der Waals surface area contributed by atoms with Gasteiger partial charge in [-0.2, -0.15) is 0 Å². The number of ether oxygens (including phenoxy) is 1. The van der Waals surface area contributed by atoms with Gasteiger partial charge in [0.2, 0.25) is 0 Å². The molecule has 0 aliphatic carbocycles. The molecule has 0 spiro atoms. The normalized spacial score (nSPS) is 11.9. The first-order chi connectivity index (χ1) is 9.44. The monoisotopic (exact) mass is 273 g/mol. The Bertz CT molecular complexity index is 623. The summed E-state index contributed by atoms with van der Waals surface area (Å²) in [7, 11) is 0. The van der Waals surface area contributed by atoms with Gasteiger partial charge in [-0.25, -0.2) is 9.78 Å². The van der Waals surface area contributed by atoms with Crippen molar-refractivity contribution in [3.63, 3.8) is 0 Å². The molecule has 106 valence electrons. The van der Waals surface area contributed by atoms with Gasteiger partial charge in [-0.3, -0.25) is 0 Å². The predicted octanol–water partition coefficient (Wildman–Crippen LogP) is 3.10. The standard InChI is InChI=1S/C15H19N3O2/c1-15(2,3)20-14(19)16-8-4-5-11-6-7-12-13(9-11)18-10-17-12/h4-7,9-10H,8H2,1-3H3,(H,16,19)(H,17,18). The Kier molecular flexibility index (Phi) is 4.08. The zero-order chi connectivity index (χ0) is 14.6. The first-order valence-electron chi connectivity index (χ1n) is 6.50. The number of rotatable bonds is 3. The molecule has 5 nitrogen and oxygen atoms in total. The quantitative estimate of drug-likeness (QED) is 0.903. The van der Waals surface area contributed by atoms with Crippen molar-refractivity contribution in [3.8, 4) is 0 Å². The van der Waals surface area contributed by atoms with Gasteiger partial charge in [-0.05, 0) is 38.5 Å². The van der Waals surface area contributed by atoms with E-state index in [0.29, 0.717) is 6.54 Å². The molecule has 0 saturated carbocycles. The number of hydrogen-bond acceptors (Lipinski definition) is 3. The van der Waals surface area contributed by atoms with E-state index in [1.807, 2.05) is 51.1 Å². The molecule has 2 N–H and O–H groups in total. The van der Waals surface area contributed by atoms with Crippen molar-refractivity contribution in [2.24, 2.45) is 0 Å². The number of aromatic amines is 1. The number of hydrogen-bond donors (Lipinski definition) is 2. The molecule has 5 heteroatoms. The van der Waals surface area contributed by atoms with Crippen LogP contribution in [0, 0.1) is 0 Å². The maximum Gasteiger partial charge on any atom is 0.407 e. The number of nitrogens with one attached hydrogen (secondary N) is 2. The second-order valence-corrected chi connectivity index (χ2v) is 5.46. The zero-order valence-electron chi connectivity index (χ0n) is 11.9. The van der Waals surface area contributed by atoms with Gasteiger partial charge in [0.25, 0.3) is 0 Å². The lowest BCUT2D eigenvalue weighted by Crippen LogP contribution is -2.32. The summed E-state index contributed by atoms with van der Waals surface area (Å²) in [6.07, 6.45) is 5.08. The number of alkyl carbamates (subject to hydrolysis) is 1. The summed E-state index contributed by atoms with van der Waals surface area (Å²) >= 11 is 0. The molecule has 1 heterocycles. The van der Waals surface area contributed by atoms with E-state index in [1.54, 1.807) is 6.33 Å². The van der Waals surface area contributed by atoms with Gasteiger partial charge in [-0.1, -0.05) is 18.2 Å². The van der Waals surface area contributed by atoms with Crippen LogP contribution in [-0.2, 0) is 4.74 Å². The maximum atomic E-state index is 11.4. The second-order valence-electron chi connectivity index (χ2n) is 5.46. The summed E-state index contributed by atoms with van der Waals surface area (Å²) in [4.78, 5) is 18.6. The molecule has 0 atom stereocenters. The first kappa shape index (κ1) is 14.1. The summed E-state index contributed by atoms with van der Waals surface area (Å²) in [5, 5.41) is 2.67. The molecule has 0 aliphatic heterocycles. The number of amides is 1. The molecule has 1 aromatic carbocycles. The molecule has 20 heavy (non-hydrogen) atoms. The van der Waals surface area contributed by atoms with Crippen molar-refractivity contribution in [3.05, 3.63) is 36.2 Å². The molecule has 2 aromatic rings. The van der Waals surface area contributed by atoms with Gasteiger partial charge in [0.15, 0.2) is 0 Å². The third-order valence-electron chi connectivity index (χ3n) is 2.52. The molecular weight excluding hydrogens is 254 g/mol. The molecule has 1 amide bonds. The van der Waals surface area contributed by atoms with Crippen LogP contribution >= 0.6 is 0 Å². The number of H-pyrrole nitrogens is 1. The molecule has 0 saturated heterocycles. The molecule has 0 bridgehead atoms. The summed E-state index contributed by atoms with van der Waals surface area (Å²) in [5.74, 6) is 0. The molecule has 0 aliphatic rings. The van der Waals surface area contributed by atoms with Gasteiger partial charge < -0.3 is 15.0 Å².